The first-order valence-electron chi connectivity index (χ1n) is 15.9. The third-order valence-electron chi connectivity index (χ3n) is 7.22. The summed E-state index contributed by atoms with van der Waals surface area (Å²) in [5.41, 5.74) is 0. The summed E-state index contributed by atoms with van der Waals surface area (Å²) < 4.78 is 32.1. The number of nitrogens with one attached hydrogen (secondary N) is 1. The number of amides is 1. The molecule has 1 amide bonds. The topological polar surface area (TPSA) is 104 Å². The Labute approximate surface area is 235 Å². The first-order chi connectivity index (χ1) is 18.3. The van der Waals surface area contributed by atoms with Gasteiger partial charge >= 0.3 is 0 Å². The molecule has 0 aliphatic heterocycles. The summed E-state index contributed by atoms with van der Waals surface area (Å²) in [5, 5.41) is 13.2. The molecule has 226 valence electrons. The Morgan fingerprint density at radius 2 is 1.11 bits per heavy atom. The second kappa shape index (κ2) is 26.3. The molecule has 0 heterocycles. The van der Waals surface area contributed by atoms with Crippen molar-refractivity contribution in [3.05, 3.63) is 12.2 Å². The molecule has 0 saturated carbocycles. The minimum absolute atomic E-state index is 0.258. The summed E-state index contributed by atoms with van der Waals surface area (Å²) in [5.74, 6) is -0.908. The van der Waals surface area contributed by atoms with Crippen LogP contribution in [-0.2, 0) is 14.9 Å². The molecule has 38 heavy (non-hydrogen) atoms. The molecule has 0 aliphatic rings. The minimum atomic E-state index is -4.29. The first kappa shape index (κ1) is 37.1. The molecule has 2 atom stereocenters. The van der Waals surface area contributed by atoms with Crippen LogP contribution >= 0.6 is 0 Å². The van der Waals surface area contributed by atoms with E-state index in [4.69, 9.17) is 0 Å². The van der Waals surface area contributed by atoms with Crippen molar-refractivity contribution in [1.82, 2.24) is 5.32 Å². The molecule has 0 radical (unpaired) electrons. The first-order valence-corrected chi connectivity index (χ1v) is 17.5. The van der Waals surface area contributed by atoms with E-state index in [1.807, 2.05) is 0 Å². The van der Waals surface area contributed by atoms with Gasteiger partial charge in [0.15, 0.2) is 0 Å². The molecule has 0 saturated heterocycles. The van der Waals surface area contributed by atoms with Gasteiger partial charge in [0.25, 0.3) is 10.1 Å². The Balaban J connectivity index is 3.96. The zero-order valence-electron chi connectivity index (χ0n) is 24.8. The average molecular weight is 560 g/mol. The van der Waals surface area contributed by atoms with Crippen LogP contribution in [0.5, 0.6) is 0 Å². The quantitative estimate of drug-likeness (QED) is 0.0508. The maximum atomic E-state index is 12.4. The maximum Gasteiger partial charge on any atom is 0.266 e. The van der Waals surface area contributed by atoms with Crippen molar-refractivity contribution in [3.8, 4) is 0 Å². The van der Waals surface area contributed by atoms with E-state index in [1.165, 1.54) is 83.5 Å². The number of unbranched alkanes of at least 4 members (excludes halogenated alkanes) is 18. The highest BCUT2D eigenvalue weighted by atomic mass is 32.2. The van der Waals surface area contributed by atoms with Gasteiger partial charge < -0.3 is 10.4 Å². The average Bonchev–Trinajstić information content (AvgIpc) is 2.86. The molecule has 0 rings (SSSR count). The molecule has 0 aromatic rings. The van der Waals surface area contributed by atoms with Gasteiger partial charge in [-0.2, -0.15) is 8.42 Å². The highest BCUT2D eigenvalue weighted by Gasteiger charge is 2.26. The molecule has 0 spiro atoms. The fourth-order valence-electron chi connectivity index (χ4n) is 4.80. The van der Waals surface area contributed by atoms with Crippen LogP contribution in [0.4, 0.5) is 0 Å². The Bertz CT molecular complexity index is 665. The zero-order chi connectivity index (χ0) is 28.3. The van der Waals surface area contributed by atoms with E-state index < -0.39 is 28.0 Å². The van der Waals surface area contributed by atoms with Crippen LogP contribution in [0.25, 0.3) is 0 Å². The standard InChI is InChI=1S/C31H61NO5S/c1-3-5-7-9-11-13-14-15-16-17-18-19-21-23-25-27-31(34)32-29(28-38(35,36)37)30(33)26-24-22-20-12-10-8-6-4-2/h15-16,29-30,33H,3-14,17-28H2,1-2H3,(H,32,34)(H,35,36,37)/b16-15-. The minimum Gasteiger partial charge on any atom is -0.391 e. The molecule has 0 aromatic heterocycles. The van der Waals surface area contributed by atoms with Crippen LogP contribution in [0.2, 0.25) is 0 Å². The lowest BCUT2D eigenvalue weighted by atomic mass is 10.0. The monoisotopic (exact) mass is 559 g/mol. The fourth-order valence-corrected chi connectivity index (χ4v) is 5.56. The molecule has 3 N–H and O–H groups in total. The van der Waals surface area contributed by atoms with E-state index in [-0.39, 0.29) is 5.91 Å². The van der Waals surface area contributed by atoms with Crippen LogP contribution in [0.3, 0.4) is 0 Å². The third kappa shape index (κ3) is 26.7. The Morgan fingerprint density at radius 1 is 0.684 bits per heavy atom. The summed E-state index contributed by atoms with van der Waals surface area (Å²) in [4.78, 5) is 12.4. The fraction of sp³-hybridized carbons (Fsp3) is 0.903. The van der Waals surface area contributed by atoms with Gasteiger partial charge in [0.05, 0.1) is 17.9 Å². The van der Waals surface area contributed by atoms with Crippen LogP contribution in [-0.4, -0.2) is 41.9 Å². The van der Waals surface area contributed by atoms with Gasteiger partial charge in [-0.25, -0.2) is 0 Å². The number of rotatable bonds is 28. The number of aliphatic hydroxyl groups is 1. The summed E-state index contributed by atoms with van der Waals surface area (Å²) in [7, 11) is -4.29. The Hall–Kier alpha value is -0.920. The molecular weight excluding hydrogens is 498 g/mol. The highest BCUT2D eigenvalue weighted by molar-refractivity contribution is 7.85. The van der Waals surface area contributed by atoms with Gasteiger partial charge in [0.1, 0.15) is 0 Å². The number of hydrogen-bond donors (Lipinski definition) is 3. The third-order valence-corrected chi connectivity index (χ3v) is 8.00. The largest absolute Gasteiger partial charge is 0.391 e. The van der Waals surface area contributed by atoms with E-state index in [0.29, 0.717) is 12.8 Å². The molecule has 0 aromatic carbocycles. The Kier molecular flexibility index (Phi) is 25.7. The van der Waals surface area contributed by atoms with E-state index in [0.717, 1.165) is 51.4 Å². The molecular formula is C31H61NO5S. The van der Waals surface area contributed by atoms with Crippen LogP contribution in [0, 0.1) is 0 Å². The van der Waals surface area contributed by atoms with Gasteiger partial charge in [-0.1, -0.05) is 129 Å². The van der Waals surface area contributed by atoms with Crippen molar-refractivity contribution in [3.63, 3.8) is 0 Å². The maximum absolute atomic E-state index is 12.4. The predicted octanol–water partition coefficient (Wildman–Crippen LogP) is 8.29. The van der Waals surface area contributed by atoms with Crippen molar-refractivity contribution in [2.45, 2.75) is 174 Å². The molecule has 0 fully saturated rings. The number of allylic oxidation sites excluding steroid dienone is 2. The zero-order valence-corrected chi connectivity index (χ0v) is 25.6. The van der Waals surface area contributed by atoms with E-state index in [9.17, 15) is 22.9 Å². The van der Waals surface area contributed by atoms with E-state index in [1.54, 1.807) is 0 Å². The normalized spacial score (nSPS) is 13.7. The van der Waals surface area contributed by atoms with Gasteiger partial charge in [-0.05, 0) is 38.5 Å². The highest BCUT2D eigenvalue weighted by Crippen LogP contribution is 2.14. The number of aliphatic hydroxyl groups excluding tert-OH is 1. The second-order valence-electron chi connectivity index (χ2n) is 11.1. The van der Waals surface area contributed by atoms with Gasteiger partial charge in [-0.3, -0.25) is 9.35 Å². The molecule has 7 heteroatoms. The lowest BCUT2D eigenvalue weighted by Crippen LogP contribution is -2.47. The van der Waals surface area contributed by atoms with Crippen LogP contribution in [0.1, 0.15) is 162 Å². The van der Waals surface area contributed by atoms with Gasteiger partial charge in [0.2, 0.25) is 5.91 Å². The van der Waals surface area contributed by atoms with Crippen molar-refractivity contribution in [2.24, 2.45) is 0 Å². The van der Waals surface area contributed by atoms with Gasteiger partial charge in [-0.15, -0.1) is 0 Å². The van der Waals surface area contributed by atoms with Crippen molar-refractivity contribution in [2.75, 3.05) is 5.75 Å². The summed E-state index contributed by atoms with van der Waals surface area (Å²) in [6, 6.07) is -0.967. The lowest BCUT2D eigenvalue weighted by molar-refractivity contribution is -0.122. The van der Waals surface area contributed by atoms with Crippen molar-refractivity contribution < 1.29 is 22.9 Å². The predicted molar refractivity (Wildman–Crippen MR) is 161 cm³/mol. The lowest BCUT2D eigenvalue weighted by Gasteiger charge is -2.23. The van der Waals surface area contributed by atoms with Crippen molar-refractivity contribution in [1.29, 1.82) is 0 Å². The molecule has 6 nitrogen and oxygen atoms in total. The summed E-state index contributed by atoms with van der Waals surface area (Å²) in [6.45, 7) is 4.44. The second-order valence-corrected chi connectivity index (χ2v) is 12.6. The molecule has 0 bridgehead atoms. The number of hydrogen-bond acceptors (Lipinski definition) is 4. The van der Waals surface area contributed by atoms with E-state index >= 15 is 0 Å². The van der Waals surface area contributed by atoms with Crippen LogP contribution < -0.4 is 5.32 Å². The van der Waals surface area contributed by atoms with Gasteiger partial charge in [0, 0.05) is 6.42 Å². The summed E-state index contributed by atoms with van der Waals surface area (Å²) in [6.07, 6.45) is 28.8. The smallest absolute Gasteiger partial charge is 0.266 e. The number of carbonyl (C=O) groups excluding carboxylic acids is 1. The van der Waals surface area contributed by atoms with E-state index in [2.05, 4.69) is 31.3 Å². The summed E-state index contributed by atoms with van der Waals surface area (Å²) >= 11 is 0. The molecule has 2 unspecified atom stereocenters. The number of carbonyl (C=O) groups is 1. The molecule has 0 aliphatic carbocycles. The van der Waals surface area contributed by atoms with Crippen LogP contribution in [0.15, 0.2) is 12.2 Å². The Morgan fingerprint density at radius 3 is 1.58 bits per heavy atom. The SMILES string of the molecule is CCCCCCCC/C=C\CCCCCCCC(=O)NC(CS(=O)(=O)O)C(O)CCCCCCCCCC. The van der Waals surface area contributed by atoms with Crippen molar-refractivity contribution >= 4 is 16.0 Å².